The fourth-order valence-electron chi connectivity index (χ4n) is 2.83. The van der Waals surface area contributed by atoms with Gasteiger partial charge >= 0.3 is 0 Å². The van der Waals surface area contributed by atoms with Crippen molar-refractivity contribution in [1.82, 2.24) is 5.32 Å². The Bertz CT molecular complexity index is 377. The smallest absolute Gasteiger partial charge is 0.0576 e. The number of hydrogen-bond acceptors (Lipinski definition) is 2. The predicted octanol–water partition coefficient (Wildman–Crippen LogP) is 3.79. The van der Waals surface area contributed by atoms with Crippen LogP contribution >= 0.6 is 15.9 Å². The minimum Gasteiger partial charge on any atom is -0.378 e. The molecule has 106 valence electrons. The first-order valence-electron chi connectivity index (χ1n) is 7.29. The van der Waals surface area contributed by atoms with E-state index in [-0.39, 0.29) is 0 Å². The van der Waals surface area contributed by atoms with Crippen molar-refractivity contribution in [1.29, 1.82) is 0 Å². The van der Waals surface area contributed by atoms with Gasteiger partial charge in [-0.2, -0.15) is 0 Å². The molecule has 0 amide bonds. The van der Waals surface area contributed by atoms with Gasteiger partial charge in [0.05, 0.1) is 6.10 Å². The Labute approximate surface area is 125 Å². The second kappa shape index (κ2) is 8.03. The highest BCUT2D eigenvalue weighted by molar-refractivity contribution is 9.10. The molecule has 0 saturated carbocycles. The normalized spacial score (nSPS) is 20.6. The van der Waals surface area contributed by atoms with E-state index in [0.717, 1.165) is 19.6 Å². The highest BCUT2D eigenvalue weighted by atomic mass is 79.9. The largest absolute Gasteiger partial charge is 0.378 e. The number of ether oxygens (including phenoxy) is 1. The lowest BCUT2D eigenvalue weighted by Crippen LogP contribution is -2.22. The molecule has 0 bridgehead atoms. The number of halogens is 1. The molecular formula is C16H24BrNO. The SMILES string of the molecule is CNCC(CCC1CCCO1)Cc1ccccc1Br. The molecule has 1 aromatic rings. The fourth-order valence-corrected chi connectivity index (χ4v) is 3.28. The zero-order chi connectivity index (χ0) is 13.5. The Morgan fingerprint density at radius 1 is 1.42 bits per heavy atom. The molecule has 1 saturated heterocycles. The molecule has 1 aliphatic rings. The molecule has 1 fully saturated rings. The van der Waals surface area contributed by atoms with Gasteiger partial charge in [0.1, 0.15) is 0 Å². The van der Waals surface area contributed by atoms with Crippen molar-refractivity contribution in [3.63, 3.8) is 0 Å². The van der Waals surface area contributed by atoms with Crippen LogP contribution in [-0.4, -0.2) is 26.3 Å². The molecule has 2 rings (SSSR count). The third kappa shape index (κ3) is 4.90. The second-order valence-electron chi connectivity index (χ2n) is 5.43. The van der Waals surface area contributed by atoms with Crippen molar-refractivity contribution in [3.8, 4) is 0 Å². The first-order valence-corrected chi connectivity index (χ1v) is 8.08. The van der Waals surface area contributed by atoms with E-state index in [1.165, 1.54) is 35.7 Å². The highest BCUT2D eigenvalue weighted by Gasteiger charge is 2.18. The topological polar surface area (TPSA) is 21.3 Å². The molecule has 2 nitrogen and oxygen atoms in total. The number of benzene rings is 1. The fraction of sp³-hybridized carbons (Fsp3) is 0.625. The third-order valence-corrected chi connectivity index (χ3v) is 4.65. The van der Waals surface area contributed by atoms with E-state index in [9.17, 15) is 0 Å². The van der Waals surface area contributed by atoms with Crippen molar-refractivity contribution in [2.75, 3.05) is 20.2 Å². The van der Waals surface area contributed by atoms with Gasteiger partial charge < -0.3 is 10.1 Å². The van der Waals surface area contributed by atoms with Crippen LogP contribution in [0.2, 0.25) is 0 Å². The van der Waals surface area contributed by atoms with E-state index in [4.69, 9.17) is 4.74 Å². The molecular weight excluding hydrogens is 302 g/mol. The summed E-state index contributed by atoms with van der Waals surface area (Å²) in [7, 11) is 2.04. The standard InChI is InChI=1S/C16H24BrNO/c1-18-12-13(8-9-15-6-4-10-19-15)11-14-5-2-3-7-16(14)17/h2-3,5,7,13,15,18H,4,6,8-12H2,1H3. The Morgan fingerprint density at radius 3 is 2.95 bits per heavy atom. The van der Waals surface area contributed by atoms with Crippen molar-refractivity contribution in [2.45, 2.75) is 38.2 Å². The van der Waals surface area contributed by atoms with E-state index in [2.05, 4.69) is 45.5 Å². The lowest BCUT2D eigenvalue weighted by Gasteiger charge is -2.19. The lowest BCUT2D eigenvalue weighted by atomic mass is 9.93. The van der Waals surface area contributed by atoms with Gasteiger partial charge in [0.25, 0.3) is 0 Å². The van der Waals surface area contributed by atoms with Crippen molar-refractivity contribution in [2.24, 2.45) is 5.92 Å². The molecule has 1 aromatic carbocycles. The zero-order valence-corrected chi connectivity index (χ0v) is 13.3. The van der Waals surface area contributed by atoms with E-state index < -0.39 is 0 Å². The van der Waals surface area contributed by atoms with Gasteiger partial charge in [0.15, 0.2) is 0 Å². The molecule has 1 heterocycles. The summed E-state index contributed by atoms with van der Waals surface area (Å²) < 4.78 is 6.96. The Morgan fingerprint density at radius 2 is 2.26 bits per heavy atom. The van der Waals surface area contributed by atoms with Crippen LogP contribution in [0.25, 0.3) is 0 Å². The maximum Gasteiger partial charge on any atom is 0.0576 e. The van der Waals surface area contributed by atoms with E-state index in [1.54, 1.807) is 0 Å². The van der Waals surface area contributed by atoms with Crippen LogP contribution in [0.4, 0.5) is 0 Å². The molecule has 2 atom stereocenters. The molecule has 1 aliphatic heterocycles. The average Bonchev–Trinajstić information content (AvgIpc) is 2.92. The summed E-state index contributed by atoms with van der Waals surface area (Å²) >= 11 is 3.65. The molecule has 19 heavy (non-hydrogen) atoms. The minimum atomic E-state index is 0.513. The van der Waals surface area contributed by atoms with Gasteiger partial charge in [-0.15, -0.1) is 0 Å². The summed E-state index contributed by atoms with van der Waals surface area (Å²) in [5.74, 6) is 0.688. The average molecular weight is 326 g/mol. The molecule has 3 heteroatoms. The van der Waals surface area contributed by atoms with E-state index in [0.29, 0.717) is 12.0 Å². The molecule has 0 radical (unpaired) electrons. The summed E-state index contributed by atoms with van der Waals surface area (Å²) in [4.78, 5) is 0. The van der Waals surface area contributed by atoms with Gasteiger partial charge in [-0.1, -0.05) is 34.1 Å². The summed E-state index contributed by atoms with van der Waals surface area (Å²) in [6.07, 6.45) is 6.59. The first-order chi connectivity index (χ1) is 9.29. The molecule has 1 N–H and O–H groups in total. The third-order valence-electron chi connectivity index (χ3n) is 3.88. The summed E-state index contributed by atoms with van der Waals surface area (Å²) in [6, 6.07) is 8.55. The number of rotatable bonds is 7. The molecule has 0 aliphatic carbocycles. The number of hydrogen-bond donors (Lipinski definition) is 1. The highest BCUT2D eigenvalue weighted by Crippen LogP contribution is 2.24. The van der Waals surface area contributed by atoms with Crippen LogP contribution < -0.4 is 5.32 Å². The van der Waals surface area contributed by atoms with Gasteiger partial charge in [0.2, 0.25) is 0 Å². The van der Waals surface area contributed by atoms with E-state index in [1.807, 2.05) is 7.05 Å². The van der Waals surface area contributed by atoms with Gasteiger partial charge in [-0.3, -0.25) is 0 Å². The van der Waals surface area contributed by atoms with Crippen LogP contribution in [0.3, 0.4) is 0 Å². The zero-order valence-electron chi connectivity index (χ0n) is 11.7. The van der Waals surface area contributed by atoms with Crippen LogP contribution in [-0.2, 0) is 11.2 Å². The minimum absolute atomic E-state index is 0.513. The summed E-state index contributed by atoms with van der Waals surface area (Å²) in [5.41, 5.74) is 1.41. The first kappa shape index (κ1) is 15.0. The number of nitrogens with one attached hydrogen (secondary N) is 1. The predicted molar refractivity (Wildman–Crippen MR) is 83.5 cm³/mol. The van der Waals surface area contributed by atoms with Crippen LogP contribution in [0.5, 0.6) is 0 Å². The maximum atomic E-state index is 5.73. The molecule has 2 unspecified atom stereocenters. The van der Waals surface area contributed by atoms with E-state index >= 15 is 0 Å². The lowest BCUT2D eigenvalue weighted by molar-refractivity contribution is 0.0980. The molecule has 0 spiro atoms. The Balaban J connectivity index is 1.86. The quantitative estimate of drug-likeness (QED) is 0.823. The Hall–Kier alpha value is -0.380. The summed E-state index contributed by atoms with van der Waals surface area (Å²) in [6.45, 7) is 2.04. The second-order valence-corrected chi connectivity index (χ2v) is 6.29. The van der Waals surface area contributed by atoms with Gasteiger partial charge in [-0.25, -0.2) is 0 Å². The summed E-state index contributed by atoms with van der Waals surface area (Å²) in [5, 5.41) is 3.33. The van der Waals surface area contributed by atoms with Gasteiger partial charge in [-0.05, 0) is 63.2 Å². The van der Waals surface area contributed by atoms with Crippen molar-refractivity contribution < 1.29 is 4.74 Å². The maximum absolute atomic E-state index is 5.73. The monoisotopic (exact) mass is 325 g/mol. The van der Waals surface area contributed by atoms with Crippen molar-refractivity contribution in [3.05, 3.63) is 34.3 Å². The van der Waals surface area contributed by atoms with Crippen LogP contribution in [0.1, 0.15) is 31.2 Å². The van der Waals surface area contributed by atoms with Crippen molar-refractivity contribution >= 4 is 15.9 Å². The van der Waals surface area contributed by atoms with Crippen LogP contribution in [0.15, 0.2) is 28.7 Å². The van der Waals surface area contributed by atoms with Crippen LogP contribution in [0, 0.1) is 5.92 Å². The molecule has 0 aromatic heterocycles. The van der Waals surface area contributed by atoms with Gasteiger partial charge in [0, 0.05) is 11.1 Å². The Kier molecular flexibility index (Phi) is 6.35.